The van der Waals surface area contributed by atoms with Gasteiger partial charge in [-0.25, -0.2) is 5.43 Å². The molecule has 4 rings (SSSR count). The molecular weight excluding hydrogens is 402 g/mol. The summed E-state index contributed by atoms with van der Waals surface area (Å²) in [6.07, 6.45) is 2.57. The van der Waals surface area contributed by atoms with Crippen molar-refractivity contribution in [2.24, 2.45) is 5.10 Å². The van der Waals surface area contributed by atoms with Crippen molar-refractivity contribution < 1.29 is 14.0 Å². The number of nitrogens with one attached hydrogen (secondary N) is 2. The summed E-state index contributed by atoms with van der Waals surface area (Å²) in [6, 6.07) is 15.4. The molecule has 0 unspecified atom stereocenters. The predicted octanol–water partition coefficient (Wildman–Crippen LogP) is 4.86. The molecule has 6 heteroatoms. The first kappa shape index (κ1) is 21.6. The van der Waals surface area contributed by atoms with Crippen LogP contribution >= 0.6 is 0 Å². The molecule has 164 valence electrons. The van der Waals surface area contributed by atoms with E-state index in [9.17, 15) is 9.59 Å². The average molecular weight is 430 g/mol. The highest BCUT2D eigenvalue weighted by atomic mass is 16.4. The Morgan fingerprint density at radius 3 is 2.53 bits per heavy atom. The number of anilines is 1. The van der Waals surface area contributed by atoms with Gasteiger partial charge in [0.05, 0.1) is 12.1 Å². The normalized spacial score (nSPS) is 14.2. The number of carbonyl (C=O) groups excluding carboxylic acids is 2. The summed E-state index contributed by atoms with van der Waals surface area (Å²) >= 11 is 0. The first-order valence-electron chi connectivity index (χ1n) is 10.8. The maximum absolute atomic E-state index is 13.0. The van der Waals surface area contributed by atoms with E-state index in [4.69, 9.17) is 4.42 Å². The smallest absolute Gasteiger partial charge is 0.291 e. The van der Waals surface area contributed by atoms with E-state index in [1.54, 1.807) is 0 Å². The van der Waals surface area contributed by atoms with Crippen molar-refractivity contribution in [3.63, 3.8) is 0 Å². The summed E-state index contributed by atoms with van der Waals surface area (Å²) in [5.41, 5.74) is 8.84. The van der Waals surface area contributed by atoms with E-state index in [0.717, 1.165) is 64.2 Å². The fraction of sp³-hybridized carbons (Fsp3) is 0.269. The van der Waals surface area contributed by atoms with Gasteiger partial charge in [0.25, 0.3) is 5.91 Å². The number of nitrogens with zero attached hydrogens (tertiary/aromatic N) is 1. The van der Waals surface area contributed by atoms with E-state index in [1.165, 1.54) is 0 Å². The molecule has 0 spiro atoms. The second kappa shape index (κ2) is 9.22. The highest BCUT2D eigenvalue weighted by Gasteiger charge is 2.28. The third-order valence-corrected chi connectivity index (χ3v) is 5.91. The topological polar surface area (TPSA) is 83.7 Å². The monoisotopic (exact) mass is 429 g/mol. The van der Waals surface area contributed by atoms with Gasteiger partial charge in [-0.05, 0) is 56.4 Å². The van der Waals surface area contributed by atoms with Gasteiger partial charge >= 0.3 is 0 Å². The molecule has 0 bridgehead atoms. The maximum Gasteiger partial charge on any atom is 0.291 e. The number of carbonyl (C=O) groups is 2. The van der Waals surface area contributed by atoms with Crippen molar-refractivity contribution in [1.82, 2.24) is 5.43 Å². The molecule has 1 aliphatic carbocycles. The van der Waals surface area contributed by atoms with E-state index < -0.39 is 0 Å². The second-order valence-corrected chi connectivity index (χ2v) is 8.17. The summed E-state index contributed by atoms with van der Waals surface area (Å²) in [4.78, 5) is 25.3. The van der Waals surface area contributed by atoms with E-state index >= 15 is 0 Å². The van der Waals surface area contributed by atoms with Crippen LogP contribution in [0.4, 0.5) is 5.69 Å². The lowest BCUT2D eigenvalue weighted by Gasteiger charge is -2.13. The molecule has 1 aromatic heterocycles. The molecule has 0 saturated heterocycles. The predicted molar refractivity (Wildman–Crippen MR) is 125 cm³/mol. The average Bonchev–Trinajstić information content (AvgIpc) is 3.13. The van der Waals surface area contributed by atoms with Gasteiger partial charge in [-0.15, -0.1) is 0 Å². The Bertz CT molecular complexity index is 1190. The number of fused-ring (bicyclic) bond motifs is 1. The fourth-order valence-corrected chi connectivity index (χ4v) is 4.01. The third-order valence-electron chi connectivity index (χ3n) is 5.91. The van der Waals surface area contributed by atoms with Gasteiger partial charge in [-0.2, -0.15) is 5.10 Å². The van der Waals surface area contributed by atoms with Crippen LogP contribution < -0.4 is 10.7 Å². The standard InChI is InChI=1S/C26H27N3O3/c1-16-9-7-12-20(17(16)2)27-26(31)25-18(3)24-21(13-8-14-22(24)32-25)28-29-23(30)15-19-10-5-4-6-11-19/h4-7,9-12H,8,13-15H2,1-3H3,(H,27,31)(H,29,30)/b28-21+. The first-order valence-corrected chi connectivity index (χ1v) is 10.8. The molecule has 3 aromatic rings. The minimum Gasteiger partial charge on any atom is -0.455 e. The number of rotatable bonds is 5. The number of amides is 2. The molecular formula is C26H27N3O3. The zero-order valence-electron chi connectivity index (χ0n) is 18.6. The highest BCUT2D eigenvalue weighted by molar-refractivity contribution is 6.09. The lowest BCUT2D eigenvalue weighted by Crippen LogP contribution is -2.23. The third kappa shape index (κ3) is 4.49. The lowest BCUT2D eigenvalue weighted by atomic mass is 9.93. The number of hydrogen-bond acceptors (Lipinski definition) is 4. The first-order chi connectivity index (χ1) is 15.4. The van der Waals surface area contributed by atoms with Crippen LogP contribution in [-0.4, -0.2) is 17.5 Å². The number of furan rings is 1. The Balaban J connectivity index is 1.53. The molecule has 0 saturated carbocycles. The van der Waals surface area contributed by atoms with Crippen molar-refractivity contribution in [2.75, 3.05) is 5.32 Å². The molecule has 0 aliphatic heterocycles. The van der Waals surface area contributed by atoms with Gasteiger partial charge in [0.15, 0.2) is 5.76 Å². The van der Waals surface area contributed by atoms with Crippen LogP contribution in [0.3, 0.4) is 0 Å². The summed E-state index contributed by atoms with van der Waals surface area (Å²) in [6.45, 7) is 5.86. The Hall–Kier alpha value is -3.67. The summed E-state index contributed by atoms with van der Waals surface area (Å²) < 4.78 is 5.97. The Morgan fingerprint density at radius 2 is 1.75 bits per heavy atom. The summed E-state index contributed by atoms with van der Waals surface area (Å²) in [7, 11) is 0. The largest absolute Gasteiger partial charge is 0.455 e. The van der Waals surface area contributed by atoms with Crippen molar-refractivity contribution in [1.29, 1.82) is 0 Å². The maximum atomic E-state index is 13.0. The van der Waals surface area contributed by atoms with E-state index in [-0.39, 0.29) is 18.2 Å². The fourth-order valence-electron chi connectivity index (χ4n) is 4.01. The molecule has 32 heavy (non-hydrogen) atoms. The molecule has 0 radical (unpaired) electrons. The lowest BCUT2D eigenvalue weighted by molar-refractivity contribution is -0.120. The van der Waals surface area contributed by atoms with Crippen molar-refractivity contribution in [3.05, 3.63) is 87.9 Å². The number of benzene rings is 2. The Morgan fingerprint density at radius 1 is 0.969 bits per heavy atom. The Kier molecular flexibility index (Phi) is 6.21. The van der Waals surface area contributed by atoms with Gasteiger partial charge in [-0.1, -0.05) is 42.5 Å². The van der Waals surface area contributed by atoms with Gasteiger partial charge in [-0.3, -0.25) is 9.59 Å². The molecule has 6 nitrogen and oxygen atoms in total. The highest BCUT2D eigenvalue weighted by Crippen LogP contribution is 2.30. The minimum atomic E-state index is -0.280. The van der Waals surface area contributed by atoms with E-state index in [1.807, 2.05) is 69.3 Å². The summed E-state index contributed by atoms with van der Waals surface area (Å²) in [5.74, 6) is 0.583. The zero-order chi connectivity index (χ0) is 22.7. The van der Waals surface area contributed by atoms with Crippen LogP contribution in [0.15, 0.2) is 58.0 Å². The molecule has 2 N–H and O–H groups in total. The number of hydrazone groups is 1. The van der Waals surface area contributed by atoms with Crippen LogP contribution in [0, 0.1) is 20.8 Å². The minimum absolute atomic E-state index is 0.176. The molecule has 0 fully saturated rings. The van der Waals surface area contributed by atoms with Gasteiger partial charge in [0, 0.05) is 23.2 Å². The quantitative estimate of drug-likeness (QED) is 0.568. The van der Waals surface area contributed by atoms with Crippen molar-refractivity contribution in [2.45, 2.75) is 46.5 Å². The van der Waals surface area contributed by atoms with Gasteiger partial charge in [0.2, 0.25) is 5.91 Å². The van der Waals surface area contributed by atoms with Crippen molar-refractivity contribution in [3.8, 4) is 0 Å². The molecule has 2 amide bonds. The van der Waals surface area contributed by atoms with E-state index in [0.29, 0.717) is 5.76 Å². The molecule has 0 atom stereocenters. The van der Waals surface area contributed by atoms with Crippen LogP contribution in [0.1, 0.15) is 57.0 Å². The molecule has 2 aromatic carbocycles. The SMILES string of the molecule is Cc1cccc(NC(=O)c2oc3c(c2C)/C(=N/NC(=O)Cc2ccccc2)CCC3)c1C. The van der Waals surface area contributed by atoms with Crippen LogP contribution in [0.25, 0.3) is 0 Å². The van der Waals surface area contributed by atoms with Crippen LogP contribution in [0.5, 0.6) is 0 Å². The zero-order valence-corrected chi connectivity index (χ0v) is 18.6. The molecule has 1 aliphatic rings. The van der Waals surface area contributed by atoms with Crippen LogP contribution in [-0.2, 0) is 17.6 Å². The summed E-state index contributed by atoms with van der Waals surface area (Å²) in [5, 5.41) is 7.36. The van der Waals surface area contributed by atoms with Crippen molar-refractivity contribution >= 4 is 23.2 Å². The van der Waals surface area contributed by atoms with Gasteiger partial charge in [0.1, 0.15) is 5.76 Å². The number of aryl methyl sites for hydroxylation is 2. The van der Waals surface area contributed by atoms with Gasteiger partial charge < -0.3 is 9.73 Å². The molecule has 1 heterocycles. The van der Waals surface area contributed by atoms with Crippen LogP contribution in [0.2, 0.25) is 0 Å². The second-order valence-electron chi connectivity index (χ2n) is 8.17. The van der Waals surface area contributed by atoms with E-state index in [2.05, 4.69) is 15.8 Å². The number of hydrogen-bond donors (Lipinski definition) is 2. The Labute approximate surface area is 187 Å².